The van der Waals surface area contributed by atoms with Crippen LogP contribution in [0.2, 0.25) is 0 Å². The van der Waals surface area contributed by atoms with Gasteiger partial charge in [0.2, 0.25) is 0 Å². The van der Waals surface area contributed by atoms with Crippen LogP contribution in [0.4, 0.5) is 0 Å². The van der Waals surface area contributed by atoms with Gasteiger partial charge in [-0.15, -0.1) is 24.8 Å². The summed E-state index contributed by atoms with van der Waals surface area (Å²) in [4.78, 5) is 2.62. The fourth-order valence-corrected chi connectivity index (χ4v) is 3.96. The van der Waals surface area contributed by atoms with E-state index in [-0.39, 0.29) is 24.8 Å². The van der Waals surface area contributed by atoms with E-state index in [1.54, 1.807) is 7.11 Å². The van der Waals surface area contributed by atoms with E-state index in [0.717, 1.165) is 31.9 Å². The number of nitrogens with zero attached hydrogens (tertiary/aromatic N) is 1. The number of halogens is 2. The SMILES string of the molecule is COc1ccccc1[C@@H]1CN2CCNC[C@H]2c2ccccc21.Cl.Cl. The summed E-state index contributed by atoms with van der Waals surface area (Å²) in [6.45, 7) is 4.32. The molecule has 0 aromatic heterocycles. The Bertz CT molecular complexity index is 680. The first-order chi connectivity index (χ1) is 10.9. The molecule has 4 rings (SSSR count). The lowest BCUT2D eigenvalue weighted by molar-refractivity contribution is 0.142. The van der Waals surface area contributed by atoms with Crippen molar-refractivity contribution in [2.45, 2.75) is 12.0 Å². The van der Waals surface area contributed by atoms with Gasteiger partial charge in [-0.1, -0.05) is 42.5 Å². The lowest BCUT2D eigenvalue weighted by Crippen LogP contribution is -2.50. The van der Waals surface area contributed by atoms with Crippen molar-refractivity contribution in [3.05, 3.63) is 65.2 Å². The molecule has 0 amide bonds. The van der Waals surface area contributed by atoms with Crippen molar-refractivity contribution >= 4 is 24.8 Å². The zero-order valence-corrected chi connectivity index (χ0v) is 15.4. The highest BCUT2D eigenvalue weighted by Gasteiger charge is 2.35. The maximum absolute atomic E-state index is 5.62. The zero-order chi connectivity index (χ0) is 14.9. The second kappa shape index (κ2) is 8.21. The highest BCUT2D eigenvalue weighted by Crippen LogP contribution is 2.42. The molecule has 2 aliphatic rings. The number of piperazine rings is 1. The molecule has 2 aromatic carbocycles. The molecule has 5 heteroatoms. The third-order valence-electron chi connectivity index (χ3n) is 5.02. The van der Waals surface area contributed by atoms with Crippen molar-refractivity contribution in [1.29, 1.82) is 0 Å². The molecule has 3 nitrogen and oxygen atoms in total. The molecule has 1 saturated heterocycles. The molecule has 24 heavy (non-hydrogen) atoms. The van der Waals surface area contributed by atoms with Crippen LogP contribution in [0.5, 0.6) is 5.75 Å². The Balaban J connectivity index is 0.00000104. The smallest absolute Gasteiger partial charge is 0.122 e. The van der Waals surface area contributed by atoms with E-state index >= 15 is 0 Å². The van der Waals surface area contributed by atoms with Crippen LogP contribution in [0.15, 0.2) is 48.5 Å². The Hall–Kier alpha value is -1.26. The van der Waals surface area contributed by atoms with Crippen molar-refractivity contribution < 1.29 is 4.74 Å². The molecular formula is C19H24Cl2N2O. The second-order valence-electron chi connectivity index (χ2n) is 6.14. The van der Waals surface area contributed by atoms with Crippen LogP contribution < -0.4 is 10.1 Å². The predicted octanol–water partition coefficient (Wildman–Crippen LogP) is 3.63. The number of ether oxygens (including phenoxy) is 1. The van der Waals surface area contributed by atoms with Gasteiger partial charge in [-0.2, -0.15) is 0 Å². The van der Waals surface area contributed by atoms with E-state index in [4.69, 9.17) is 4.74 Å². The van der Waals surface area contributed by atoms with Gasteiger partial charge in [0.1, 0.15) is 5.75 Å². The van der Waals surface area contributed by atoms with Gasteiger partial charge < -0.3 is 10.1 Å². The Morgan fingerprint density at radius 2 is 1.62 bits per heavy atom. The Kier molecular flexibility index (Phi) is 6.53. The number of benzene rings is 2. The molecule has 0 spiro atoms. The summed E-state index contributed by atoms with van der Waals surface area (Å²) in [6.07, 6.45) is 0. The van der Waals surface area contributed by atoms with Crippen molar-refractivity contribution in [2.75, 3.05) is 33.3 Å². The number of fused-ring (bicyclic) bond motifs is 3. The van der Waals surface area contributed by atoms with Gasteiger partial charge in [0.05, 0.1) is 7.11 Å². The molecule has 0 bridgehead atoms. The molecule has 0 unspecified atom stereocenters. The summed E-state index contributed by atoms with van der Waals surface area (Å²) in [5, 5.41) is 3.54. The molecule has 1 N–H and O–H groups in total. The topological polar surface area (TPSA) is 24.5 Å². The standard InChI is InChI=1S/C19H22N2O.2ClH/c1-22-19-9-5-4-8-16(19)17-13-21-11-10-20-12-18(21)15-7-3-2-6-14(15)17;;/h2-9,17-18,20H,10-13H2,1H3;2*1H/t17-,18+;;/m1../s1. The third-order valence-corrected chi connectivity index (χ3v) is 5.02. The number of hydrogen-bond donors (Lipinski definition) is 1. The van der Waals surface area contributed by atoms with Crippen LogP contribution in [0.25, 0.3) is 0 Å². The molecule has 0 radical (unpaired) electrons. The maximum Gasteiger partial charge on any atom is 0.122 e. The fourth-order valence-electron chi connectivity index (χ4n) is 3.96. The third kappa shape index (κ3) is 3.27. The molecule has 0 aliphatic carbocycles. The van der Waals surface area contributed by atoms with E-state index in [1.165, 1.54) is 16.7 Å². The number of nitrogens with one attached hydrogen (secondary N) is 1. The van der Waals surface area contributed by atoms with Gasteiger partial charge in [0.25, 0.3) is 0 Å². The molecule has 2 atom stereocenters. The summed E-state index contributed by atoms with van der Waals surface area (Å²) in [6, 6.07) is 17.9. The first-order valence-electron chi connectivity index (χ1n) is 8.05. The van der Waals surface area contributed by atoms with Crippen LogP contribution in [0.3, 0.4) is 0 Å². The molecule has 1 fully saturated rings. The monoisotopic (exact) mass is 366 g/mol. The summed E-state index contributed by atoms with van der Waals surface area (Å²) in [5.74, 6) is 1.39. The first-order valence-corrected chi connectivity index (χ1v) is 8.05. The molecule has 2 aromatic rings. The van der Waals surface area contributed by atoms with Gasteiger partial charge in [-0.3, -0.25) is 4.90 Å². The van der Waals surface area contributed by atoms with Crippen molar-refractivity contribution in [3.63, 3.8) is 0 Å². The van der Waals surface area contributed by atoms with E-state index in [1.807, 2.05) is 6.07 Å². The number of rotatable bonds is 2. The first kappa shape index (κ1) is 19.1. The molecule has 0 saturated carbocycles. The van der Waals surface area contributed by atoms with E-state index in [9.17, 15) is 0 Å². The average molecular weight is 367 g/mol. The largest absolute Gasteiger partial charge is 0.496 e. The second-order valence-corrected chi connectivity index (χ2v) is 6.14. The van der Waals surface area contributed by atoms with Crippen molar-refractivity contribution in [3.8, 4) is 5.75 Å². The van der Waals surface area contributed by atoms with E-state index in [0.29, 0.717) is 12.0 Å². The minimum atomic E-state index is 0. The Labute approximate surface area is 156 Å². The minimum absolute atomic E-state index is 0. The maximum atomic E-state index is 5.62. The average Bonchev–Trinajstić information content (AvgIpc) is 2.61. The number of para-hydroxylation sites is 1. The van der Waals surface area contributed by atoms with Crippen LogP contribution in [0.1, 0.15) is 28.7 Å². The van der Waals surface area contributed by atoms with Gasteiger partial charge in [0.15, 0.2) is 0 Å². The lowest BCUT2D eigenvalue weighted by Gasteiger charge is -2.44. The van der Waals surface area contributed by atoms with Crippen LogP contribution in [-0.2, 0) is 0 Å². The predicted molar refractivity (Wildman–Crippen MR) is 103 cm³/mol. The molecule has 2 heterocycles. The van der Waals surface area contributed by atoms with Crippen LogP contribution in [0, 0.1) is 0 Å². The zero-order valence-electron chi connectivity index (χ0n) is 13.8. The van der Waals surface area contributed by atoms with E-state index < -0.39 is 0 Å². The van der Waals surface area contributed by atoms with Gasteiger partial charge in [-0.05, 0) is 17.2 Å². The summed E-state index contributed by atoms with van der Waals surface area (Å²) >= 11 is 0. The molecular weight excluding hydrogens is 343 g/mol. The Morgan fingerprint density at radius 3 is 2.38 bits per heavy atom. The van der Waals surface area contributed by atoms with Gasteiger partial charge in [-0.25, -0.2) is 0 Å². The van der Waals surface area contributed by atoms with E-state index in [2.05, 4.69) is 52.7 Å². The highest BCUT2D eigenvalue weighted by molar-refractivity contribution is 5.85. The van der Waals surface area contributed by atoms with Crippen LogP contribution in [-0.4, -0.2) is 38.2 Å². The number of methoxy groups -OCH3 is 1. The highest BCUT2D eigenvalue weighted by atomic mass is 35.5. The number of hydrogen-bond acceptors (Lipinski definition) is 3. The van der Waals surface area contributed by atoms with Gasteiger partial charge >= 0.3 is 0 Å². The van der Waals surface area contributed by atoms with Crippen molar-refractivity contribution in [2.24, 2.45) is 0 Å². The quantitative estimate of drug-likeness (QED) is 0.877. The molecule has 130 valence electrons. The summed E-state index contributed by atoms with van der Waals surface area (Å²) in [5.41, 5.74) is 4.23. The van der Waals surface area contributed by atoms with Crippen LogP contribution >= 0.6 is 24.8 Å². The minimum Gasteiger partial charge on any atom is -0.496 e. The normalized spacial score (nSPS) is 22.4. The van der Waals surface area contributed by atoms with Crippen molar-refractivity contribution in [1.82, 2.24) is 10.2 Å². The fraction of sp³-hybridized carbons (Fsp3) is 0.368. The lowest BCUT2D eigenvalue weighted by atomic mass is 9.80. The Morgan fingerprint density at radius 1 is 0.958 bits per heavy atom. The summed E-state index contributed by atoms with van der Waals surface area (Å²) in [7, 11) is 1.77. The van der Waals surface area contributed by atoms with Gasteiger partial charge in [0, 0.05) is 43.7 Å². The molecule has 2 aliphatic heterocycles. The summed E-state index contributed by atoms with van der Waals surface area (Å²) < 4.78 is 5.62.